The Hall–Kier alpha value is -3.23. The van der Waals surface area contributed by atoms with Crippen LogP contribution in [-0.2, 0) is 27.4 Å². The Morgan fingerprint density at radius 2 is 1.56 bits per heavy atom. The highest BCUT2D eigenvalue weighted by Crippen LogP contribution is 2.27. The number of hydrogen-bond donors (Lipinski definition) is 0. The average molecular weight is 464 g/mol. The summed E-state index contributed by atoms with van der Waals surface area (Å²) in [6, 6.07) is 21.5. The minimum atomic E-state index is -0.454. The van der Waals surface area contributed by atoms with Crippen LogP contribution in [0.15, 0.2) is 83.5 Å². The van der Waals surface area contributed by atoms with Crippen molar-refractivity contribution < 1.29 is 14.3 Å². The molecule has 0 aliphatic heterocycles. The Balaban J connectivity index is 1.34. The summed E-state index contributed by atoms with van der Waals surface area (Å²) in [5, 5.41) is 3.59. The van der Waals surface area contributed by atoms with E-state index >= 15 is 0 Å². The number of nitrogens with zero attached hydrogens (tertiary/aromatic N) is 3. The van der Waals surface area contributed by atoms with Crippen molar-refractivity contribution in [3.05, 3.63) is 89.6 Å². The lowest BCUT2D eigenvalue weighted by molar-refractivity contribution is -0.150. The summed E-state index contributed by atoms with van der Waals surface area (Å²) in [6.45, 7) is 0.590. The van der Waals surface area contributed by atoms with E-state index in [9.17, 15) is 9.59 Å². The molecule has 4 rings (SSSR count). The zero-order valence-corrected chi connectivity index (χ0v) is 18.8. The van der Waals surface area contributed by atoms with Crippen LogP contribution in [0.4, 0.5) is 0 Å². The van der Waals surface area contributed by atoms with Gasteiger partial charge in [0, 0.05) is 18.5 Å². The molecule has 0 spiro atoms. The first-order chi connectivity index (χ1) is 15.7. The Kier molecular flexibility index (Phi) is 7.47. The topological polar surface area (TPSA) is 72.4 Å². The summed E-state index contributed by atoms with van der Waals surface area (Å²) in [7, 11) is 0. The van der Waals surface area contributed by atoms with Crippen molar-refractivity contribution in [3.63, 3.8) is 0 Å². The van der Waals surface area contributed by atoms with Crippen molar-refractivity contribution in [3.8, 4) is 0 Å². The lowest BCUT2D eigenvalue weighted by Gasteiger charge is -2.23. The molecule has 32 heavy (non-hydrogen) atoms. The van der Waals surface area contributed by atoms with Crippen LogP contribution in [0.5, 0.6) is 0 Å². The lowest BCUT2D eigenvalue weighted by atomic mass is 10.1. The summed E-state index contributed by atoms with van der Waals surface area (Å²) in [6.07, 6.45) is 1.49. The largest absolute Gasteiger partial charge is 0.455 e. The maximum Gasteiger partial charge on any atom is 0.316 e. The van der Waals surface area contributed by atoms with Gasteiger partial charge < -0.3 is 9.64 Å². The predicted molar refractivity (Wildman–Crippen MR) is 126 cm³/mol. The number of fused-ring (bicyclic) bond motifs is 1. The van der Waals surface area contributed by atoms with Gasteiger partial charge in [0.05, 0.1) is 5.75 Å². The van der Waals surface area contributed by atoms with Gasteiger partial charge in [-0.05, 0) is 22.6 Å². The monoisotopic (exact) mass is 463 g/mol. The molecular weight excluding hydrogens is 442 g/mol. The second-order valence-corrected chi connectivity index (χ2v) is 8.85. The quantitative estimate of drug-likeness (QED) is 0.206. The van der Waals surface area contributed by atoms with E-state index in [1.807, 2.05) is 72.1 Å². The standard InChI is InChI=1S/C24H21N3O3S2/c28-21(15-30-22(29)16-32-24-20-11-12-31-23(20)25-17-26-24)27(13-18-7-3-1-4-8-18)14-19-9-5-2-6-10-19/h1-12,17H,13-16H2. The molecule has 0 unspecified atom stereocenters. The van der Waals surface area contributed by atoms with Gasteiger partial charge in [0.2, 0.25) is 0 Å². The molecule has 8 heteroatoms. The normalized spacial score (nSPS) is 10.8. The highest BCUT2D eigenvalue weighted by Gasteiger charge is 2.17. The van der Waals surface area contributed by atoms with E-state index in [1.165, 1.54) is 29.4 Å². The van der Waals surface area contributed by atoms with E-state index in [-0.39, 0.29) is 18.3 Å². The zero-order chi connectivity index (χ0) is 22.2. The molecule has 0 saturated heterocycles. The van der Waals surface area contributed by atoms with Crippen LogP contribution in [-0.4, -0.2) is 39.1 Å². The van der Waals surface area contributed by atoms with Crippen LogP contribution in [0.3, 0.4) is 0 Å². The number of esters is 1. The number of hydrogen-bond acceptors (Lipinski definition) is 7. The molecule has 162 valence electrons. The number of amides is 1. The van der Waals surface area contributed by atoms with E-state index in [4.69, 9.17) is 4.74 Å². The van der Waals surface area contributed by atoms with Gasteiger partial charge >= 0.3 is 5.97 Å². The average Bonchev–Trinajstić information content (AvgIpc) is 3.32. The first-order valence-corrected chi connectivity index (χ1v) is 11.9. The molecule has 0 N–H and O–H groups in total. The Labute approximate surface area is 194 Å². The van der Waals surface area contributed by atoms with Crippen molar-refractivity contribution in [1.29, 1.82) is 0 Å². The summed E-state index contributed by atoms with van der Waals surface area (Å²) in [5.74, 6) is -0.616. The minimum absolute atomic E-state index is 0.0760. The highest BCUT2D eigenvalue weighted by atomic mass is 32.2. The molecule has 1 amide bonds. The molecule has 2 aromatic heterocycles. The number of thioether (sulfide) groups is 1. The van der Waals surface area contributed by atoms with Gasteiger partial charge in [-0.3, -0.25) is 9.59 Å². The van der Waals surface area contributed by atoms with E-state index in [0.29, 0.717) is 13.1 Å². The van der Waals surface area contributed by atoms with Gasteiger partial charge in [0.15, 0.2) is 6.61 Å². The van der Waals surface area contributed by atoms with Crippen LogP contribution in [0.2, 0.25) is 0 Å². The van der Waals surface area contributed by atoms with Crippen LogP contribution in [0.1, 0.15) is 11.1 Å². The molecule has 0 aliphatic rings. The third-order valence-corrected chi connectivity index (χ3v) is 6.49. The first kappa shape index (κ1) is 22.0. The second kappa shape index (κ2) is 10.9. The third-order valence-electron chi connectivity index (χ3n) is 4.69. The van der Waals surface area contributed by atoms with Crippen molar-refractivity contribution in [2.45, 2.75) is 18.1 Å². The maximum absolute atomic E-state index is 12.9. The molecule has 0 aliphatic carbocycles. The molecule has 0 saturated carbocycles. The second-order valence-electron chi connectivity index (χ2n) is 6.99. The number of carbonyl (C=O) groups excluding carboxylic acids is 2. The summed E-state index contributed by atoms with van der Waals surface area (Å²) in [5.41, 5.74) is 2.03. The van der Waals surface area contributed by atoms with Crippen LogP contribution < -0.4 is 0 Å². The van der Waals surface area contributed by atoms with Gasteiger partial charge in [-0.2, -0.15) is 0 Å². The van der Waals surface area contributed by atoms with Gasteiger partial charge in [0.25, 0.3) is 5.91 Å². The maximum atomic E-state index is 12.9. The fraction of sp³-hybridized carbons (Fsp3) is 0.167. The molecule has 2 heterocycles. The van der Waals surface area contributed by atoms with Crippen molar-refractivity contribution in [2.24, 2.45) is 0 Å². The molecule has 4 aromatic rings. The van der Waals surface area contributed by atoms with Gasteiger partial charge in [-0.15, -0.1) is 11.3 Å². The molecule has 0 fully saturated rings. The Morgan fingerprint density at radius 1 is 0.906 bits per heavy atom. The minimum Gasteiger partial charge on any atom is -0.455 e. The Bertz CT molecular complexity index is 1140. The van der Waals surface area contributed by atoms with E-state index in [0.717, 1.165) is 26.4 Å². The number of rotatable bonds is 9. The summed E-state index contributed by atoms with van der Waals surface area (Å²) < 4.78 is 5.28. The molecule has 2 aromatic carbocycles. The lowest BCUT2D eigenvalue weighted by Crippen LogP contribution is -2.34. The van der Waals surface area contributed by atoms with Crippen molar-refractivity contribution in [2.75, 3.05) is 12.4 Å². The molecule has 0 bridgehead atoms. The summed E-state index contributed by atoms with van der Waals surface area (Å²) >= 11 is 2.81. The molecular formula is C24H21N3O3S2. The smallest absolute Gasteiger partial charge is 0.316 e. The fourth-order valence-corrected chi connectivity index (χ4v) is 4.70. The molecule has 0 atom stereocenters. The predicted octanol–water partition coefficient (Wildman–Crippen LogP) is 4.56. The van der Waals surface area contributed by atoms with E-state index in [2.05, 4.69) is 9.97 Å². The number of aromatic nitrogens is 2. The zero-order valence-electron chi connectivity index (χ0n) is 17.2. The SMILES string of the molecule is O=C(CSc1ncnc2sccc12)OCC(=O)N(Cc1ccccc1)Cc1ccccc1. The highest BCUT2D eigenvalue weighted by molar-refractivity contribution is 8.00. The third kappa shape index (κ3) is 5.93. The number of benzene rings is 2. The number of ether oxygens (including phenoxy) is 1. The molecule has 0 radical (unpaired) electrons. The molecule has 6 nitrogen and oxygen atoms in total. The van der Waals surface area contributed by atoms with Crippen LogP contribution in [0, 0.1) is 0 Å². The van der Waals surface area contributed by atoms with Gasteiger partial charge in [-0.25, -0.2) is 9.97 Å². The number of carbonyl (C=O) groups is 2. The van der Waals surface area contributed by atoms with Crippen LogP contribution in [0.25, 0.3) is 10.2 Å². The fourth-order valence-electron chi connectivity index (χ4n) is 3.12. The summed E-state index contributed by atoms with van der Waals surface area (Å²) in [4.78, 5) is 36.2. The van der Waals surface area contributed by atoms with Gasteiger partial charge in [0.1, 0.15) is 16.2 Å². The van der Waals surface area contributed by atoms with Gasteiger partial charge in [-0.1, -0.05) is 72.4 Å². The van der Waals surface area contributed by atoms with Crippen molar-refractivity contribution in [1.82, 2.24) is 14.9 Å². The van der Waals surface area contributed by atoms with Crippen LogP contribution >= 0.6 is 23.1 Å². The van der Waals surface area contributed by atoms with E-state index in [1.54, 1.807) is 4.90 Å². The Morgan fingerprint density at radius 3 is 2.22 bits per heavy atom. The first-order valence-electron chi connectivity index (χ1n) is 10.0. The van der Waals surface area contributed by atoms with E-state index < -0.39 is 5.97 Å². The van der Waals surface area contributed by atoms with Crippen molar-refractivity contribution >= 4 is 45.2 Å². The number of thiophene rings is 1.